The van der Waals surface area contributed by atoms with E-state index in [4.69, 9.17) is 0 Å². The Labute approximate surface area is 201 Å². The van der Waals surface area contributed by atoms with Gasteiger partial charge in [-0.05, 0) is 37.8 Å². The molecule has 3 aliphatic rings. The first-order chi connectivity index (χ1) is 16.2. The largest absolute Gasteiger partial charge is 0.325 e. The highest BCUT2D eigenvalue weighted by Crippen LogP contribution is 2.33. The molecule has 0 aromatic heterocycles. The van der Waals surface area contributed by atoms with Crippen LogP contribution in [0.15, 0.2) is 29.2 Å². The van der Waals surface area contributed by atoms with Gasteiger partial charge in [0.05, 0.1) is 5.69 Å². The molecule has 0 radical (unpaired) electrons. The normalized spacial score (nSPS) is 21.5. The maximum absolute atomic E-state index is 13.4. The third-order valence-corrected chi connectivity index (χ3v) is 9.38. The zero-order chi connectivity index (χ0) is 24.3. The van der Waals surface area contributed by atoms with Crippen LogP contribution in [0.1, 0.15) is 70.6 Å². The molecule has 4 amide bonds. The standard InChI is InChI=1S/C24H34N4O5S/c1-27(18-11-5-4-6-12-18)34(32,33)20-14-8-7-13-19(20)25-21(29)17-28-22(30)24(26-23(28)31)15-9-2-3-10-16-24/h7-8,13-14,18H,2-6,9-12,15-17H2,1H3,(H,25,29)(H,26,31). The minimum absolute atomic E-state index is 0.00821. The van der Waals surface area contributed by atoms with Crippen molar-refractivity contribution < 1.29 is 22.8 Å². The van der Waals surface area contributed by atoms with Gasteiger partial charge >= 0.3 is 6.03 Å². The molecule has 1 aliphatic heterocycles. The number of imide groups is 1. The van der Waals surface area contributed by atoms with E-state index < -0.39 is 34.0 Å². The van der Waals surface area contributed by atoms with E-state index >= 15 is 0 Å². The first-order valence-corrected chi connectivity index (χ1v) is 13.7. The number of hydrogen-bond donors (Lipinski definition) is 2. The van der Waals surface area contributed by atoms with Gasteiger partial charge in [0.2, 0.25) is 15.9 Å². The summed E-state index contributed by atoms with van der Waals surface area (Å²) in [6.45, 7) is -0.459. The van der Waals surface area contributed by atoms with Crippen LogP contribution in [0.5, 0.6) is 0 Å². The Morgan fingerprint density at radius 3 is 2.35 bits per heavy atom. The summed E-state index contributed by atoms with van der Waals surface area (Å²) in [7, 11) is -2.24. The maximum Gasteiger partial charge on any atom is 0.325 e. The summed E-state index contributed by atoms with van der Waals surface area (Å²) in [5, 5.41) is 5.45. The molecule has 10 heteroatoms. The van der Waals surface area contributed by atoms with Gasteiger partial charge in [-0.15, -0.1) is 0 Å². The second-order valence-electron chi connectivity index (χ2n) is 9.68. The van der Waals surface area contributed by atoms with E-state index in [1.54, 1.807) is 19.2 Å². The van der Waals surface area contributed by atoms with Crippen LogP contribution < -0.4 is 10.6 Å². The van der Waals surface area contributed by atoms with Crippen molar-refractivity contribution in [3.8, 4) is 0 Å². The molecule has 1 aromatic carbocycles. The summed E-state index contributed by atoms with van der Waals surface area (Å²) in [6, 6.07) is 5.62. The fraction of sp³-hybridized carbons (Fsp3) is 0.625. The van der Waals surface area contributed by atoms with Crippen molar-refractivity contribution >= 4 is 33.6 Å². The predicted molar refractivity (Wildman–Crippen MR) is 128 cm³/mol. The molecule has 0 atom stereocenters. The van der Waals surface area contributed by atoms with Crippen molar-refractivity contribution in [3.05, 3.63) is 24.3 Å². The summed E-state index contributed by atoms with van der Waals surface area (Å²) in [5.41, 5.74) is -0.774. The SMILES string of the molecule is CN(C1CCCCC1)S(=O)(=O)c1ccccc1NC(=O)CN1C(=O)NC2(CCCCCC2)C1=O. The minimum Gasteiger partial charge on any atom is -0.323 e. The van der Waals surface area contributed by atoms with Gasteiger partial charge in [0.25, 0.3) is 5.91 Å². The molecule has 0 bridgehead atoms. The summed E-state index contributed by atoms with van der Waals surface area (Å²) in [6.07, 6.45) is 9.63. The predicted octanol–water partition coefficient (Wildman–Crippen LogP) is 3.22. The van der Waals surface area contributed by atoms with E-state index in [2.05, 4.69) is 10.6 Å². The van der Waals surface area contributed by atoms with Crippen molar-refractivity contribution in [1.29, 1.82) is 0 Å². The van der Waals surface area contributed by atoms with Gasteiger partial charge in [-0.3, -0.25) is 14.5 Å². The van der Waals surface area contributed by atoms with Gasteiger partial charge in [-0.25, -0.2) is 13.2 Å². The number of carbonyl (C=O) groups excluding carboxylic acids is 3. The van der Waals surface area contributed by atoms with Gasteiger partial charge in [-0.1, -0.05) is 57.1 Å². The summed E-state index contributed by atoms with van der Waals surface area (Å²) in [4.78, 5) is 39.5. The van der Waals surface area contributed by atoms with Gasteiger partial charge in [0.1, 0.15) is 17.0 Å². The molecule has 1 saturated heterocycles. The highest BCUT2D eigenvalue weighted by atomic mass is 32.2. The van der Waals surface area contributed by atoms with E-state index in [0.29, 0.717) is 12.8 Å². The zero-order valence-electron chi connectivity index (χ0n) is 19.7. The summed E-state index contributed by atoms with van der Waals surface area (Å²) in [5.74, 6) is -0.982. The number of urea groups is 1. The van der Waals surface area contributed by atoms with Crippen LogP contribution in [-0.4, -0.2) is 60.6 Å². The molecule has 1 spiro atoms. The Bertz CT molecular complexity index is 1040. The smallest absolute Gasteiger partial charge is 0.323 e. The van der Waals surface area contributed by atoms with Crippen molar-refractivity contribution in [3.63, 3.8) is 0 Å². The van der Waals surface area contributed by atoms with E-state index in [1.165, 1.54) is 16.4 Å². The number of sulfonamides is 1. The van der Waals surface area contributed by atoms with Crippen LogP contribution in [0.25, 0.3) is 0 Å². The Balaban J connectivity index is 1.48. The average molecular weight is 491 g/mol. The molecule has 2 N–H and O–H groups in total. The number of anilines is 1. The fourth-order valence-electron chi connectivity index (χ4n) is 5.42. The summed E-state index contributed by atoms with van der Waals surface area (Å²) < 4.78 is 28.1. The lowest BCUT2D eigenvalue weighted by Gasteiger charge is -2.31. The van der Waals surface area contributed by atoms with E-state index in [-0.39, 0.29) is 22.5 Å². The monoisotopic (exact) mass is 490 g/mol. The molecule has 1 heterocycles. The minimum atomic E-state index is -3.83. The zero-order valence-corrected chi connectivity index (χ0v) is 20.5. The fourth-order valence-corrected chi connectivity index (χ4v) is 6.98. The molecule has 0 unspecified atom stereocenters. The Morgan fingerprint density at radius 2 is 1.68 bits per heavy atom. The molecule has 2 saturated carbocycles. The van der Waals surface area contributed by atoms with Crippen molar-refractivity contribution in [1.82, 2.24) is 14.5 Å². The van der Waals surface area contributed by atoms with Crippen LogP contribution in [0.2, 0.25) is 0 Å². The molecule has 4 rings (SSSR count). The van der Waals surface area contributed by atoms with Gasteiger partial charge in [0, 0.05) is 13.1 Å². The first-order valence-electron chi connectivity index (χ1n) is 12.3. The van der Waals surface area contributed by atoms with E-state index in [1.807, 2.05) is 0 Å². The van der Waals surface area contributed by atoms with Gasteiger partial charge in [0.15, 0.2) is 0 Å². The highest BCUT2D eigenvalue weighted by molar-refractivity contribution is 7.89. The number of nitrogens with zero attached hydrogens (tertiary/aromatic N) is 2. The Kier molecular flexibility index (Phi) is 7.28. The molecular weight excluding hydrogens is 456 g/mol. The lowest BCUT2D eigenvalue weighted by Crippen LogP contribution is -2.47. The third-order valence-electron chi connectivity index (χ3n) is 7.41. The summed E-state index contributed by atoms with van der Waals surface area (Å²) >= 11 is 0. The molecule has 9 nitrogen and oxygen atoms in total. The number of rotatable bonds is 6. The Morgan fingerprint density at radius 1 is 1.06 bits per heavy atom. The average Bonchev–Trinajstić information content (AvgIpc) is 2.98. The molecule has 3 fully saturated rings. The van der Waals surface area contributed by atoms with Crippen LogP contribution in [-0.2, 0) is 19.6 Å². The number of carbonyl (C=O) groups is 3. The number of para-hydroxylation sites is 1. The molecule has 186 valence electrons. The first kappa shape index (κ1) is 24.7. The molecule has 1 aromatic rings. The van der Waals surface area contributed by atoms with Crippen LogP contribution in [0, 0.1) is 0 Å². The van der Waals surface area contributed by atoms with Gasteiger partial charge < -0.3 is 10.6 Å². The van der Waals surface area contributed by atoms with E-state index in [0.717, 1.165) is 62.7 Å². The number of benzene rings is 1. The van der Waals surface area contributed by atoms with Crippen molar-refractivity contribution in [2.75, 3.05) is 18.9 Å². The third kappa shape index (κ3) is 4.84. The number of nitrogens with one attached hydrogen (secondary N) is 2. The molecule has 34 heavy (non-hydrogen) atoms. The van der Waals surface area contributed by atoms with Gasteiger partial charge in [-0.2, -0.15) is 4.31 Å². The van der Waals surface area contributed by atoms with Crippen molar-refractivity contribution in [2.45, 2.75) is 87.1 Å². The topological polar surface area (TPSA) is 116 Å². The quantitative estimate of drug-likeness (QED) is 0.594. The van der Waals surface area contributed by atoms with Crippen LogP contribution in [0.4, 0.5) is 10.5 Å². The maximum atomic E-state index is 13.4. The highest BCUT2D eigenvalue weighted by Gasteiger charge is 2.51. The van der Waals surface area contributed by atoms with Crippen LogP contribution in [0.3, 0.4) is 0 Å². The number of hydrogen-bond acceptors (Lipinski definition) is 5. The van der Waals surface area contributed by atoms with E-state index in [9.17, 15) is 22.8 Å². The molecule has 2 aliphatic carbocycles. The second-order valence-corrected chi connectivity index (χ2v) is 11.6. The molecular formula is C24H34N4O5S. The van der Waals surface area contributed by atoms with Crippen LogP contribution >= 0.6 is 0 Å². The number of amides is 4. The lowest BCUT2D eigenvalue weighted by atomic mass is 9.90. The van der Waals surface area contributed by atoms with Crippen molar-refractivity contribution in [2.24, 2.45) is 0 Å². The second kappa shape index (κ2) is 10.0. The lowest BCUT2D eigenvalue weighted by molar-refractivity contribution is -0.134. The Hall–Kier alpha value is -2.46.